The third-order valence-electron chi connectivity index (χ3n) is 4.45. The molecule has 2 aromatic heterocycles. The van der Waals surface area contributed by atoms with Gasteiger partial charge in [0.25, 0.3) is 0 Å². The molecule has 1 N–H and O–H groups in total. The van der Waals surface area contributed by atoms with E-state index in [1.54, 1.807) is 19.4 Å². The number of carbonyl (C=O) groups excluding carboxylic acids is 1. The Morgan fingerprint density at radius 2 is 2.12 bits per heavy atom. The SMILES string of the molecule is COc1ccc(NC(=O)[C@@H]2CN(c3ccccn3)C[C@H]2C)c(C)n1. The van der Waals surface area contributed by atoms with Gasteiger partial charge in [-0.2, -0.15) is 0 Å². The summed E-state index contributed by atoms with van der Waals surface area (Å²) >= 11 is 0. The van der Waals surface area contributed by atoms with Crippen LogP contribution >= 0.6 is 0 Å². The van der Waals surface area contributed by atoms with Gasteiger partial charge < -0.3 is 15.0 Å². The van der Waals surface area contributed by atoms with Crippen LogP contribution < -0.4 is 15.0 Å². The number of anilines is 2. The molecular weight excluding hydrogens is 304 g/mol. The Morgan fingerprint density at radius 1 is 1.29 bits per heavy atom. The fourth-order valence-electron chi connectivity index (χ4n) is 3.05. The average molecular weight is 326 g/mol. The number of rotatable bonds is 4. The van der Waals surface area contributed by atoms with E-state index in [-0.39, 0.29) is 17.7 Å². The van der Waals surface area contributed by atoms with Crippen LogP contribution in [0.1, 0.15) is 12.6 Å². The van der Waals surface area contributed by atoms with Crippen LogP contribution in [0.3, 0.4) is 0 Å². The number of nitrogens with one attached hydrogen (secondary N) is 1. The fourth-order valence-corrected chi connectivity index (χ4v) is 3.05. The van der Waals surface area contributed by atoms with Crippen molar-refractivity contribution >= 4 is 17.4 Å². The number of pyridine rings is 2. The number of methoxy groups -OCH3 is 1. The molecule has 6 heteroatoms. The highest BCUT2D eigenvalue weighted by atomic mass is 16.5. The largest absolute Gasteiger partial charge is 0.481 e. The molecule has 1 saturated heterocycles. The molecule has 2 aromatic rings. The minimum absolute atomic E-state index is 0.0241. The monoisotopic (exact) mass is 326 g/mol. The van der Waals surface area contributed by atoms with Crippen molar-refractivity contribution < 1.29 is 9.53 Å². The maximum absolute atomic E-state index is 12.7. The van der Waals surface area contributed by atoms with Gasteiger partial charge >= 0.3 is 0 Å². The number of nitrogens with zero attached hydrogens (tertiary/aromatic N) is 3. The standard InChI is InChI=1S/C18H22N4O2/c1-12-10-22(16-6-4-5-9-19-16)11-14(12)18(23)21-15-7-8-17(24-3)20-13(15)2/h4-9,12,14H,10-11H2,1-3H3,(H,21,23)/t12-,14-/m1/s1. The van der Waals surface area contributed by atoms with Gasteiger partial charge in [-0.3, -0.25) is 4.79 Å². The summed E-state index contributed by atoms with van der Waals surface area (Å²) < 4.78 is 5.10. The number of carbonyl (C=O) groups is 1. The summed E-state index contributed by atoms with van der Waals surface area (Å²) in [5.41, 5.74) is 1.47. The summed E-state index contributed by atoms with van der Waals surface area (Å²) in [6.07, 6.45) is 1.78. The average Bonchev–Trinajstić information content (AvgIpc) is 2.99. The predicted molar refractivity (Wildman–Crippen MR) is 93.3 cm³/mol. The molecule has 6 nitrogen and oxygen atoms in total. The lowest BCUT2D eigenvalue weighted by atomic mass is 9.97. The lowest BCUT2D eigenvalue weighted by molar-refractivity contribution is -0.120. The van der Waals surface area contributed by atoms with Gasteiger partial charge in [0, 0.05) is 25.4 Å². The summed E-state index contributed by atoms with van der Waals surface area (Å²) in [5.74, 6) is 1.67. The number of ether oxygens (including phenoxy) is 1. The van der Waals surface area contributed by atoms with Crippen LogP contribution in [-0.4, -0.2) is 36.1 Å². The summed E-state index contributed by atoms with van der Waals surface area (Å²) in [4.78, 5) is 23.5. The highest BCUT2D eigenvalue weighted by Crippen LogP contribution is 2.28. The van der Waals surface area contributed by atoms with Crippen molar-refractivity contribution in [2.24, 2.45) is 11.8 Å². The minimum Gasteiger partial charge on any atom is -0.481 e. The Hall–Kier alpha value is -2.63. The second-order valence-electron chi connectivity index (χ2n) is 6.15. The first-order valence-corrected chi connectivity index (χ1v) is 8.07. The van der Waals surface area contributed by atoms with Gasteiger partial charge in [0.1, 0.15) is 5.82 Å². The molecule has 1 fully saturated rings. The van der Waals surface area contributed by atoms with E-state index in [1.807, 2.05) is 31.2 Å². The predicted octanol–water partition coefficient (Wildman–Crippen LogP) is 2.50. The lowest BCUT2D eigenvalue weighted by Crippen LogP contribution is -2.29. The molecule has 0 radical (unpaired) electrons. The van der Waals surface area contributed by atoms with Gasteiger partial charge in [-0.1, -0.05) is 13.0 Å². The first-order valence-electron chi connectivity index (χ1n) is 8.07. The Kier molecular flexibility index (Phi) is 4.64. The van der Waals surface area contributed by atoms with Gasteiger partial charge in [0.05, 0.1) is 24.4 Å². The zero-order valence-corrected chi connectivity index (χ0v) is 14.2. The van der Waals surface area contributed by atoms with E-state index in [1.165, 1.54) is 0 Å². The van der Waals surface area contributed by atoms with Gasteiger partial charge in [-0.05, 0) is 31.0 Å². The smallest absolute Gasteiger partial charge is 0.229 e. The molecule has 0 unspecified atom stereocenters. The van der Waals surface area contributed by atoms with E-state index < -0.39 is 0 Å². The zero-order chi connectivity index (χ0) is 17.1. The van der Waals surface area contributed by atoms with Gasteiger partial charge in [-0.15, -0.1) is 0 Å². The van der Waals surface area contributed by atoms with Crippen LogP contribution in [0.25, 0.3) is 0 Å². The van der Waals surface area contributed by atoms with Crippen LogP contribution in [0.2, 0.25) is 0 Å². The zero-order valence-electron chi connectivity index (χ0n) is 14.2. The van der Waals surface area contributed by atoms with Crippen LogP contribution in [0.15, 0.2) is 36.5 Å². The van der Waals surface area contributed by atoms with Crippen molar-refractivity contribution in [3.8, 4) is 5.88 Å². The molecule has 0 spiro atoms. The Labute approximate surface area is 141 Å². The number of aromatic nitrogens is 2. The minimum atomic E-state index is -0.0755. The Bertz CT molecular complexity index is 720. The molecule has 3 heterocycles. The third kappa shape index (κ3) is 3.32. The molecule has 24 heavy (non-hydrogen) atoms. The molecule has 0 aromatic carbocycles. The quantitative estimate of drug-likeness (QED) is 0.935. The van der Waals surface area contributed by atoms with Crippen LogP contribution in [0, 0.1) is 18.8 Å². The molecule has 1 aliphatic rings. The molecule has 1 aliphatic heterocycles. The number of aryl methyl sites for hydroxylation is 1. The highest BCUT2D eigenvalue weighted by Gasteiger charge is 2.35. The maximum atomic E-state index is 12.7. The second kappa shape index (κ2) is 6.86. The molecule has 0 bridgehead atoms. The van der Waals surface area contributed by atoms with E-state index in [2.05, 4.69) is 27.1 Å². The van der Waals surface area contributed by atoms with Gasteiger partial charge in [0.2, 0.25) is 11.8 Å². The normalized spacial score (nSPS) is 20.0. The summed E-state index contributed by atoms with van der Waals surface area (Å²) in [7, 11) is 1.58. The topological polar surface area (TPSA) is 67.3 Å². The molecular formula is C18H22N4O2. The highest BCUT2D eigenvalue weighted by molar-refractivity contribution is 5.94. The molecule has 0 aliphatic carbocycles. The van der Waals surface area contributed by atoms with E-state index in [4.69, 9.17) is 4.74 Å². The molecule has 3 rings (SSSR count). The Morgan fingerprint density at radius 3 is 2.79 bits per heavy atom. The van der Waals surface area contributed by atoms with Crippen LogP contribution in [-0.2, 0) is 4.79 Å². The first kappa shape index (κ1) is 16.2. The first-order chi connectivity index (χ1) is 11.6. The third-order valence-corrected chi connectivity index (χ3v) is 4.45. The fraction of sp³-hybridized carbons (Fsp3) is 0.389. The van der Waals surface area contributed by atoms with Gasteiger partial charge in [0.15, 0.2) is 0 Å². The van der Waals surface area contributed by atoms with E-state index >= 15 is 0 Å². The summed E-state index contributed by atoms with van der Waals surface area (Å²) in [6, 6.07) is 9.42. The molecule has 126 valence electrons. The summed E-state index contributed by atoms with van der Waals surface area (Å²) in [6.45, 7) is 5.46. The lowest BCUT2D eigenvalue weighted by Gasteiger charge is -2.17. The molecule has 0 saturated carbocycles. The van der Waals surface area contributed by atoms with Gasteiger partial charge in [-0.25, -0.2) is 9.97 Å². The van der Waals surface area contributed by atoms with Crippen molar-refractivity contribution in [3.05, 3.63) is 42.2 Å². The van der Waals surface area contributed by atoms with Crippen molar-refractivity contribution in [2.75, 3.05) is 30.4 Å². The number of amides is 1. The van der Waals surface area contributed by atoms with Crippen molar-refractivity contribution in [1.29, 1.82) is 0 Å². The number of hydrogen-bond acceptors (Lipinski definition) is 5. The summed E-state index contributed by atoms with van der Waals surface area (Å²) in [5, 5.41) is 3.00. The Balaban J connectivity index is 1.69. The second-order valence-corrected chi connectivity index (χ2v) is 6.15. The van der Waals surface area contributed by atoms with E-state index in [0.717, 1.165) is 23.7 Å². The van der Waals surface area contributed by atoms with Crippen LogP contribution in [0.5, 0.6) is 5.88 Å². The molecule has 1 amide bonds. The molecule has 2 atom stereocenters. The number of hydrogen-bond donors (Lipinski definition) is 1. The van der Waals surface area contributed by atoms with Crippen molar-refractivity contribution in [3.63, 3.8) is 0 Å². The van der Waals surface area contributed by atoms with Crippen molar-refractivity contribution in [2.45, 2.75) is 13.8 Å². The van der Waals surface area contributed by atoms with Crippen LogP contribution in [0.4, 0.5) is 11.5 Å². The van der Waals surface area contributed by atoms with E-state index in [9.17, 15) is 4.79 Å². The maximum Gasteiger partial charge on any atom is 0.229 e. The van der Waals surface area contributed by atoms with E-state index in [0.29, 0.717) is 12.4 Å². The van der Waals surface area contributed by atoms with Crippen molar-refractivity contribution in [1.82, 2.24) is 9.97 Å².